The van der Waals surface area contributed by atoms with E-state index in [4.69, 9.17) is 9.16 Å². The highest BCUT2D eigenvalue weighted by Gasteiger charge is 2.47. The number of hydrogen-bond donors (Lipinski definition) is 0. The van der Waals surface area contributed by atoms with Gasteiger partial charge in [0.15, 0.2) is 8.32 Å². The molecule has 0 spiro atoms. The van der Waals surface area contributed by atoms with Crippen LogP contribution in [0.15, 0.2) is 0 Å². The fourth-order valence-electron chi connectivity index (χ4n) is 1.39. The van der Waals surface area contributed by atoms with E-state index >= 15 is 0 Å². The molecule has 0 atom stereocenters. The molecule has 0 aromatic carbocycles. The first kappa shape index (κ1) is 14.6. The number of ether oxygens (including phenoxy) is 1. The van der Waals surface area contributed by atoms with Gasteiger partial charge in [0.05, 0.1) is 18.1 Å². The SMILES string of the molecule is COC(=O)C(C)(C)C(C)(C)O[Si](C)(C)C. The van der Waals surface area contributed by atoms with E-state index in [0.29, 0.717) is 0 Å². The summed E-state index contributed by atoms with van der Waals surface area (Å²) >= 11 is 0. The third-order valence-corrected chi connectivity index (χ3v) is 3.88. The van der Waals surface area contributed by atoms with Gasteiger partial charge in [0.25, 0.3) is 0 Å². The van der Waals surface area contributed by atoms with Gasteiger partial charge in [-0.3, -0.25) is 4.79 Å². The van der Waals surface area contributed by atoms with Gasteiger partial charge in [-0.1, -0.05) is 0 Å². The predicted molar refractivity (Wildman–Crippen MR) is 64.3 cm³/mol. The second-order valence-electron chi connectivity index (χ2n) is 5.84. The Balaban J connectivity index is 4.93. The van der Waals surface area contributed by atoms with Crippen LogP contribution in [-0.2, 0) is 14.0 Å². The van der Waals surface area contributed by atoms with Gasteiger partial charge in [-0.2, -0.15) is 0 Å². The Morgan fingerprint density at radius 3 is 1.73 bits per heavy atom. The van der Waals surface area contributed by atoms with Crippen LogP contribution in [0.4, 0.5) is 0 Å². The van der Waals surface area contributed by atoms with Gasteiger partial charge in [0, 0.05) is 0 Å². The number of carbonyl (C=O) groups excluding carboxylic acids is 1. The van der Waals surface area contributed by atoms with Crippen molar-refractivity contribution in [1.82, 2.24) is 0 Å². The third kappa shape index (κ3) is 3.61. The molecule has 0 aliphatic rings. The number of hydrogen-bond acceptors (Lipinski definition) is 3. The molecule has 0 saturated heterocycles. The zero-order valence-electron chi connectivity index (χ0n) is 11.2. The van der Waals surface area contributed by atoms with Crippen LogP contribution in [0.2, 0.25) is 19.6 Å². The van der Waals surface area contributed by atoms with Crippen LogP contribution in [0, 0.1) is 5.41 Å². The molecule has 0 radical (unpaired) electrons. The van der Waals surface area contributed by atoms with E-state index in [2.05, 4.69) is 19.6 Å². The van der Waals surface area contributed by atoms with Gasteiger partial charge in [0.2, 0.25) is 0 Å². The van der Waals surface area contributed by atoms with E-state index in [-0.39, 0.29) is 5.97 Å². The lowest BCUT2D eigenvalue weighted by Gasteiger charge is -2.43. The van der Waals surface area contributed by atoms with Crippen LogP contribution in [0.1, 0.15) is 27.7 Å². The maximum Gasteiger partial charge on any atom is 0.314 e. The first-order valence-electron chi connectivity index (χ1n) is 5.22. The Bertz CT molecular complexity index is 239. The molecule has 0 bridgehead atoms. The molecular weight excluding hydrogens is 208 g/mol. The summed E-state index contributed by atoms with van der Waals surface area (Å²) in [5.74, 6) is -0.231. The quantitative estimate of drug-likeness (QED) is 0.552. The Labute approximate surface area is 94.3 Å². The zero-order valence-corrected chi connectivity index (χ0v) is 12.2. The van der Waals surface area contributed by atoms with E-state index in [9.17, 15) is 4.79 Å². The highest BCUT2D eigenvalue weighted by atomic mass is 28.4. The summed E-state index contributed by atoms with van der Waals surface area (Å²) in [4.78, 5) is 11.7. The molecule has 0 N–H and O–H groups in total. The fraction of sp³-hybridized carbons (Fsp3) is 0.909. The lowest BCUT2D eigenvalue weighted by molar-refractivity contribution is -0.162. The van der Waals surface area contributed by atoms with Crippen LogP contribution >= 0.6 is 0 Å². The Hall–Kier alpha value is -0.353. The van der Waals surface area contributed by atoms with Crippen molar-refractivity contribution in [3.63, 3.8) is 0 Å². The molecule has 0 aromatic heterocycles. The maximum absolute atomic E-state index is 11.7. The molecule has 4 heteroatoms. The van der Waals surface area contributed by atoms with Gasteiger partial charge in [-0.05, 0) is 47.3 Å². The number of rotatable bonds is 4. The smallest absolute Gasteiger partial charge is 0.314 e. The van der Waals surface area contributed by atoms with Crippen LogP contribution in [0.25, 0.3) is 0 Å². The van der Waals surface area contributed by atoms with E-state index in [1.54, 1.807) is 0 Å². The van der Waals surface area contributed by atoms with Crippen LogP contribution in [-0.4, -0.2) is 27.0 Å². The Morgan fingerprint density at radius 1 is 1.07 bits per heavy atom. The Kier molecular flexibility index (Phi) is 4.16. The first-order chi connectivity index (χ1) is 6.44. The molecule has 0 fully saturated rings. The number of methoxy groups -OCH3 is 1. The summed E-state index contributed by atoms with van der Waals surface area (Å²) in [7, 11) is -0.257. The van der Waals surface area contributed by atoms with Crippen molar-refractivity contribution < 1.29 is 14.0 Å². The van der Waals surface area contributed by atoms with E-state index < -0.39 is 19.3 Å². The summed E-state index contributed by atoms with van der Waals surface area (Å²) in [6, 6.07) is 0. The van der Waals surface area contributed by atoms with Gasteiger partial charge < -0.3 is 9.16 Å². The van der Waals surface area contributed by atoms with Crippen molar-refractivity contribution in [2.45, 2.75) is 52.9 Å². The topological polar surface area (TPSA) is 35.5 Å². The maximum atomic E-state index is 11.7. The van der Waals surface area contributed by atoms with Gasteiger partial charge in [-0.15, -0.1) is 0 Å². The summed E-state index contributed by atoms with van der Waals surface area (Å²) in [5.41, 5.74) is -1.15. The first-order valence-corrected chi connectivity index (χ1v) is 8.63. The minimum atomic E-state index is -1.67. The molecule has 3 nitrogen and oxygen atoms in total. The largest absolute Gasteiger partial charge is 0.469 e. The van der Waals surface area contributed by atoms with Crippen molar-refractivity contribution in [2.75, 3.05) is 7.11 Å². The second kappa shape index (κ2) is 4.26. The molecule has 15 heavy (non-hydrogen) atoms. The fourth-order valence-corrected chi connectivity index (χ4v) is 3.18. The van der Waals surface area contributed by atoms with Crippen molar-refractivity contribution in [3.05, 3.63) is 0 Å². The highest BCUT2D eigenvalue weighted by Crippen LogP contribution is 2.37. The predicted octanol–water partition coefficient (Wildman–Crippen LogP) is 2.82. The average Bonchev–Trinajstić information content (AvgIpc) is 1.97. The lowest BCUT2D eigenvalue weighted by atomic mass is 9.77. The molecule has 0 rings (SSSR count). The van der Waals surface area contributed by atoms with Crippen molar-refractivity contribution >= 4 is 14.3 Å². The van der Waals surface area contributed by atoms with Gasteiger partial charge in [0.1, 0.15) is 0 Å². The summed E-state index contributed by atoms with van der Waals surface area (Å²) < 4.78 is 10.9. The van der Waals surface area contributed by atoms with Gasteiger partial charge in [-0.25, -0.2) is 0 Å². The molecule has 0 amide bonds. The molecule has 0 aliphatic heterocycles. The van der Waals surface area contributed by atoms with Crippen molar-refractivity contribution in [3.8, 4) is 0 Å². The molecule has 0 heterocycles. The molecule has 90 valence electrons. The molecular formula is C11H24O3Si. The monoisotopic (exact) mass is 232 g/mol. The molecule has 0 aromatic rings. The standard InChI is InChI=1S/C11H24O3Si/c1-10(2,9(12)13-5)11(3,4)14-15(6,7)8/h1-8H3. The van der Waals surface area contributed by atoms with Crippen LogP contribution in [0.5, 0.6) is 0 Å². The summed E-state index contributed by atoms with van der Waals surface area (Å²) in [5, 5.41) is 0. The minimum absolute atomic E-state index is 0.231. The number of esters is 1. The normalized spacial score (nSPS) is 13.9. The molecule has 0 unspecified atom stereocenters. The summed E-state index contributed by atoms with van der Waals surface area (Å²) in [6.07, 6.45) is 0. The average molecular weight is 232 g/mol. The van der Waals surface area contributed by atoms with Crippen molar-refractivity contribution in [2.24, 2.45) is 5.41 Å². The second-order valence-corrected chi connectivity index (χ2v) is 10.3. The molecule has 0 saturated carbocycles. The van der Waals surface area contributed by atoms with Crippen LogP contribution in [0.3, 0.4) is 0 Å². The van der Waals surface area contributed by atoms with Crippen LogP contribution < -0.4 is 0 Å². The Morgan fingerprint density at radius 2 is 1.47 bits per heavy atom. The van der Waals surface area contributed by atoms with E-state index in [1.807, 2.05) is 27.7 Å². The van der Waals surface area contributed by atoms with Gasteiger partial charge >= 0.3 is 5.97 Å². The summed E-state index contributed by atoms with van der Waals surface area (Å²) in [6.45, 7) is 14.0. The highest BCUT2D eigenvalue weighted by molar-refractivity contribution is 6.69. The zero-order chi connectivity index (χ0) is 12.5. The van der Waals surface area contributed by atoms with E-state index in [0.717, 1.165) is 0 Å². The van der Waals surface area contributed by atoms with E-state index in [1.165, 1.54) is 7.11 Å². The lowest BCUT2D eigenvalue weighted by Crippen LogP contribution is -2.52. The molecule has 0 aliphatic carbocycles. The van der Waals surface area contributed by atoms with Crippen molar-refractivity contribution in [1.29, 1.82) is 0 Å². The third-order valence-electron chi connectivity index (χ3n) is 2.76. The number of carbonyl (C=O) groups is 1. The minimum Gasteiger partial charge on any atom is -0.469 e.